The highest BCUT2D eigenvalue weighted by Gasteiger charge is 2.39. The van der Waals surface area contributed by atoms with Crippen LogP contribution in [-0.4, -0.2) is 49.8 Å². The highest BCUT2D eigenvalue weighted by Crippen LogP contribution is 2.22. The maximum atomic E-state index is 11.6. The van der Waals surface area contributed by atoms with Gasteiger partial charge in [-0.25, -0.2) is 4.79 Å². The number of ether oxygens (including phenoxy) is 1. The molecule has 0 aliphatic carbocycles. The fourth-order valence-corrected chi connectivity index (χ4v) is 1.81. The molecule has 1 aromatic rings. The van der Waals surface area contributed by atoms with Gasteiger partial charge in [0.05, 0.1) is 6.61 Å². The van der Waals surface area contributed by atoms with Crippen molar-refractivity contribution in [3.8, 4) is 0 Å². The molecule has 0 amide bonds. The summed E-state index contributed by atoms with van der Waals surface area (Å²) in [6.45, 7) is 1.28. The third-order valence-electron chi connectivity index (χ3n) is 2.89. The zero-order valence-corrected chi connectivity index (χ0v) is 9.61. The highest BCUT2D eigenvalue weighted by molar-refractivity contribution is 5.02. The van der Waals surface area contributed by atoms with Crippen molar-refractivity contribution >= 4 is 0 Å². The smallest absolute Gasteiger partial charge is 0.330 e. The second kappa shape index (κ2) is 4.65. The Morgan fingerprint density at radius 1 is 1.33 bits per heavy atom. The van der Waals surface area contributed by atoms with Crippen molar-refractivity contribution in [3.05, 3.63) is 32.6 Å². The second-order valence-electron chi connectivity index (χ2n) is 4.25. The van der Waals surface area contributed by atoms with Gasteiger partial charge >= 0.3 is 5.69 Å². The third kappa shape index (κ3) is 2.10. The van der Waals surface area contributed by atoms with Crippen molar-refractivity contribution in [2.24, 2.45) is 0 Å². The lowest BCUT2D eigenvalue weighted by Crippen LogP contribution is -2.52. The summed E-state index contributed by atoms with van der Waals surface area (Å²) in [7, 11) is 0. The number of hydrogen-bond acceptors (Lipinski definition) is 6. The highest BCUT2D eigenvalue weighted by atomic mass is 16.5. The van der Waals surface area contributed by atoms with Crippen molar-refractivity contribution in [2.45, 2.75) is 31.5 Å². The van der Waals surface area contributed by atoms with E-state index < -0.39 is 35.8 Å². The predicted octanol–water partition coefficient (Wildman–Crippen LogP) is -2.54. The van der Waals surface area contributed by atoms with Gasteiger partial charge in [-0.15, -0.1) is 0 Å². The Balaban J connectivity index is 2.41. The first-order valence-corrected chi connectivity index (χ1v) is 5.39. The molecule has 1 aromatic heterocycles. The van der Waals surface area contributed by atoms with E-state index >= 15 is 0 Å². The van der Waals surface area contributed by atoms with Gasteiger partial charge in [-0.3, -0.25) is 14.3 Å². The van der Waals surface area contributed by atoms with E-state index in [9.17, 15) is 24.9 Å². The Labute approximate surface area is 101 Å². The molecule has 1 fully saturated rings. The molecule has 0 saturated carbocycles. The van der Waals surface area contributed by atoms with Gasteiger partial charge in [0.15, 0.2) is 6.23 Å². The van der Waals surface area contributed by atoms with Crippen LogP contribution in [0, 0.1) is 6.92 Å². The number of aromatic amines is 1. The van der Waals surface area contributed by atoms with Gasteiger partial charge in [-0.1, -0.05) is 0 Å². The first-order chi connectivity index (χ1) is 8.41. The summed E-state index contributed by atoms with van der Waals surface area (Å²) in [5, 5.41) is 28.6. The van der Waals surface area contributed by atoms with Crippen LogP contribution < -0.4 is 11.2 Å². The van der Waals surface area contributed by atoms with Crippen LogP contribution in [0.25, 0.3) is 0 Å². The van der Waals surface area contributed by atoms with E-state index in [4.69, 9.17) is 4.74 Å². The molecule has 0 aromatic carbocycles. The molecule has 1 aliphatic rings. The first kappa shape index (κ1) is 13.0. The van der Waals surface area contributed by atoms with Crippen LogP contribution in [-0.2, 0) is 4.74 Å². The number of hydrogen-bond donors (Lipinski definition) is 4. The van der Waals surface area contributed by atoms with Crippen LogP contribution in [0.15, 0.2) is 15.8 Å². The van der Waals surface area contributed by atoms with E-state index in [0.717, 1.165) is 4.57 Å². The lowest BCUT2D eigenvalue weighted by molar-refractivity contribution is -0.212. The SMILES string of the molecule is Cc1cn([C@@H]2OC[C@@H](O)[C@@H](O)[C@@H]2O)c(=O)[nH]c1=O. The minimum absolute atomic E-state index is 0.215. The van der Waals surface area contributed by atoms with E-state index in [1.807, 2.05) is 0 Å². The second-order valence-corrected chi connectivity index (χ2v) is 4.25. The van der Waals surface area contributed by atoms with Crippen molar-refractivity contribution in [3.63, 3.8) is 0 Å². The van der Waals surface area contributed by atoms with E-state index in [2.05, 4.69) is 4.98 Å². The molecule has 2 heterocycles. The van der Waals surface area contributed by atoms with Crippen molar-refractivity contribution in [1.82, 2.24) is 9.55 Å². The summed E-state index contributed by atoms with van der Waals surface area (Å²) in [5.74, 6) is 0. The summed E-state index contributed by atoms with van der Waals surface area (Å²) in [5.41, 5.74) is -1.01. The Morgan fingerprint density at radius 2 is 2.00 bits per heavy atom. The van der Waals surface area contributed by atoms with Crippen LogP contribution in [0.1, 0.15) is 11.8 Å². The standard InChI is InChI=1S/C10H14N2O6/c1-4-2-12(10(17)11-8(4)16)9-7(15)6(14)5(13)3-18-9/h2,5-7,9,13-15H,3H2,1H3,(H,11,16,17)/t5-,6-,7+,9-/m1/s1. The van der Waals surface area contributed by atoms with Crippen molar-refractivity contribution < 1.29 is 20.1 Å². The van der Waals surface area contributed by atoms with Gasteiger partial charge < -0.3 is 20.1 Å². The molecular formula is C10H14N2O6. The van der Waals surface area contributed by atoms with Crippen LogP contribution in [0.5, 0.6) is 0 Å². The number of rotatable bonds is 1. The molecule has 0 unspecified atom stereocenters. The number of aliphatic hydroxyl groups excluding tert-OH is 3. The molecule has 2 rings (SSSR count). The van der Waals surface area contributed by atoms with Crippen LogP contribution in [0.2, 0.25) is 0 Å². The molecule has 0 spiro atoms. The zero-order chi connectivity index (χ0) is 13.4. The molecule has 0 radical (unpaired) electrons. The quantitative estimate of drug-likeness (QED) is 0.440. The predicted molar refractivity (Wildman–Crippen MR) is 59.1 cm³/mol. The lowest BCUT2D eigenvalue weighted by Gasteiger charge is -2.35. The molecule has 1 aliphatic heterocycles. The van der Waals surface area contributed by atoms with Crippen LogP contribution >= 0.6 is 0 Å². The van der Waals surface area contributed by atoms with Crippen LogP contribution in [0.4, 0.5) is 0 Å². The summed E-state index contributed by atoms with van der Waals surface area (Å²) in [6, 6.07) is 0. The lowest BCUT2D eigenvalue weighted by atomic mass is 10.0. The molecular weight excluding hydrogens is 244 g/mol. The minimum atomic E-state index is -1.46. The number of nitrogens with zero attached hydrogens (tertiary/aromatic N) is 1. The molecule has 0 bridgehead atoms. The third-order valence-corrected chi connectivity index (χ3v) is 2.89. The maximum Gasteiger partial charge on any atom is 0.330 e. The zero-order valence-electron chi connectivity index (χ0n) is 9.61. The van der Waals surface area contributed by atoms with Gasteiger partial charge in [0, 0.05) is 11.8 Å². The van der Waals surface area contributed by atoms with Crippen molar-refractivity contribution in [1.29, 1.82) is 0 Å². The maximum absolute atomic E-state index is 11.6. The number of H-pyrrole nitrogens is 1. The fraction of sp³-hybridized carbons (Fsp3) is 0.600. The number of nitrogens with one attached hydrogen (secondary N) is 1. The van der Waals surface area contributed by atoms with Gasteiger partial charge in [0.2, 0.25) is 0 Å². The summed E-state index contributed by atoms with van der Waals surface area (Å²) >= 11 is 0. The van der Waals surface area contributed by atoms with Crippen molar-refractivity contribution in [2.75, 3.05) is 6.61 Å². The van der Waals surface area contributed by atoms with E-state index in [1.54, 1.807) is 0 Å². The molecule has 1 saturated heterocycles. The molecule has 18 heavy (non-hydrogen) atoms. The molecule has 4 N–H and O–H groups in total. The Kier molecular flexibility index (Phi) is 3.35. The number of aryl methyl sites for hydroxylation is 1. The van der Waals surface area contributed by atoms with Gasteiger partial charge in [-0.05, 0) is 6.92 Å². The number of aliphatic hydroxyl groups is 3. The summed E-state index contributed by atoms with van der Waals surface area (Å²) in [6.07, 6.45) is -4.00. The van der Waals surface area contributed by atoms with Crippen LogP contribution in [0.3, 0.4) is 0 Å². The first-order valence-electron chi connectivity index (χ1n) is 5.39. The average Bonchev–Trinajstić information content (AvgIpc) is 2.32. The topological polar surface area (TPSA) is 125 Å². The summed E-state index contributed by atoms with van der Waals surface area (Å²) < 4.78 is 6.10. The normalized spacial score (nSPS) is 32.4. The monoisotopic (exact) mass is 258 g/mol. The van der Waals surface area contributed by atoms with E-state index in [1.165, 1.54) is 13.1 Å². The molecule has 8 nitrogen and oxygen atoms in total. The van der Waals surface area contributed by atoms with Gasteiger partial charge in [0.1, 0.15) is 18.3 Å². The Bertz CT molecular complexity index is 550. The minimum Gasteiger partial charge on any atom is -0.388 e. The molecule has 8 heteroatoms. The van der Waals surface area contributed by atoms with E-state index in [0.29, 0.717) is 0 Å². The van der Waals surface area contributed by atoms with Gasteiger partial charge in [-0.2, -0.15) is 0 Å². The molecule has 4 atom stereocenters. The molecule has 100 valence electrons. The Morgan fingerprint density at radius 3 is 2.67 bits per heavy atom. The van der Waals surface area contributed by atoms with Gasteiger partial charge in [0.25, 0.3) is 5.56 Å². The fourth-order valence-electron chi connectivity index (χ4n) is 1.81. The summed E-state index contributed by atoms with van der Waals surface area (Å²) in [4.78, 5) is 24.9. The average molecular weight is 258 g/mol. The Hall–Kier alpha value is -1.48. The largest absolute Gasteiger partial charge is 0.388 e. The van der Waals surface area contributed by atoms with E-state index in [-0.39, 0.29) is 12.2 Å². The number of aromatic nitrogens is 2.